The number of nitrogens with zero attached hydrogens (tertiary/aromatic N) is 2. The van der Waals surface area contributed by atoms with Crippen molar-refractivity contribution in [3.05, 3.63) is 35.3 Å². The number of hydrogen-bond acceptors (Lipinski definition) is 3. The van der Waals surface area contributed by atoms with Crippen molar-refractivity contribution in [2.24, 2.45) is 10.7 Å². The zero-order valence-electron chi connectivity index (χ0n) is 14.3. The van der Waals surface area contributed by atoms with Crippen LogP contribution in [0, 0.1) is 12.7 Å². The largest absolute Gasteiger partial charge is 0.459 e. The molecule has 0 bridgehead atoms. The number of nitrogens with two attached hydrogens (primary N) is 1. The molecular weight excluding hydrogens is 307 g/mol. The van der Waals surface area contributed by atoms with E-state index in [4.69, 9.17) is 10.2 Å². The molecule has 130 valence electrons. The summed E-state index contributed by atoms with van der Waals surface area (Å²) in [5.41, 5.74) is 7.56. The number of hydrogen-bond donors (Lipinski definition) is 2. The zero-order valence-corrected chi connectivity index (χ0v) is 14.3. The smallest absolute Gasteiger partial charge is 0.189 e. The van der Waals surface area contributed by atoms with Crippen molar-refractivity contribution in [1.82, 2.24) is 10.2 Å². The van der Waals surface area contributed by atoms with E-state index in [1.165, 1.54) is 25.0 Å². The first-order valence-corrected chi connectivity index (χ1v) is 8.54. The third kappa shape index (κ3) is 3.53. The predicted octanol–water partition coefficient (Wildman–Crippen LogP) is 2.77. The van der Waals surface area contributed by atoms with Crippen LogP contribution in [0.1, 0.15) is 31.1 Å². The van der Waals surface area contributed by atoms with Gasteiger partial charge in [0.15, 0.2) is 5.96 Å². The van der Waals surface area contributed by atoms with Gasteiger partial charge >= 0.3 is 0 Å². The number of nitrogens with one attached hydrogen (secondary N) is 1. The molecule has 0 aliphatic carbocycles. The Morgan fingerprint density at radius 2 is 2.33 bits per heavy atom. The van der Waals surface area contributed by atoms with Gasteiger partial charge in [0, 0.05) is 23.5 Å². The minimum Gasteiger partial charge on any atom is -0.459 e. The summed E-state index contributed by atoms with van der Waals surface area (Å²) < 4.78 is 19.1. The molecule has 0 spiro atoms. The van der Waals surface area contributed by atoms with Crippen LogP contribution in [0.25, 0.3) is 11.0 Å². The molecule has 5 nitrogen and oxygen atoms in total. The van der Waals surface area contributed by atoms with Gasteiger partial charge in [-0.25, -0.2) is 9.38 Å². The van der Waals surface area contributed by atoms with E-state index in [0.717, 1.165) is 36.3 Å². The predicted molar refractivity (Wildman–Crippen MR) is 94.5 cm³/mol. The minimum atomic E-state index is -0.264. The molecule has 1 unspecified atom stereocenters. The lowest BCUT2D eigenvalue weighted by molar-refractivity contribution is 0.267. The number of aryl methyl sites for hydroxylation is 1. The van der Waals surface area contributed by atoms with Crippen molar-refractivity contribution in [2.75, 3.05) is 19.6 Å². The number of furan rings is 1. The van der Waals surface area contributed by atoms with Crippen molar-refractivity contribution in [3.8, 4) is 0 Å². The lowest BCUT2D eigenvalue weighted by Gasteiger charge is -2.23. The fourth-order valence-corrected chi connectivity index (χ4v) is 3.37. The lowest BCUT2D eigenvalue weighted by atomic mass is 10.1. The molecule has 0 radical (unpaired) electrons. The van der Waals surface area contributed by atoms with Crippen LogP contribution in [0.2, 0.25) is 0 Å². The molecule has 3 rings (SSSR count). The molecule has 1 aliphatic heterocycles. The second-order valence-electron chi connectivity index (χ2n) is 6.30. The Kier molecular flexibility index (Phi) is 5.04. The molecule has 1 atom stereocenters. The quantitative estimate of drug-likeness (QED) is 0.653. The van der Waals surface area contributed by atoms with Crippen molar-refractivity contribution in [3.63, 3.8) is 0 Å². The third-order valence-electron chi connectivity index (χ3n) is 4.81. The first-order chi connectivity index (χ1) is 11.6. The molecule has 1 aromatic carbocycles. The summed E-state index contributed by atoms with van der Waals surface area (Å²) in [6.07, 6.45) is 2.44. The van der Waals surface area contributed by atoms with Gasteiger partial charge in [-0.1, -0.05) is 6.92 Å². The van der Waals surface area contributed by atoms with Gasteiger partial charge in [0.1, 0.15) is 23.7 Å². The molecule has 0 amide bonds. The van der Waals surface area contributed by atoms with Crippen LogP contribution in [0.5, 0.6) is 0 Å². The monoisotopic (exact) mass is 332 g/mol. The van der Waals surface area contributed by atoms with Gasteiger partial charge in [-0.2, -0.15) is 0 Å². The van der Waals surface area contributed by atoms with Gasteiger partial charge in [-0.15, -0.1) is 0 Å². The highest BCUT2D eigenvalue weighted by Crippen LogP contribution is 2.26. The van der Waals surface area contributed by atoms with Crippen molar-refractivity contribution < 1.29 is 8.81 Å². The average Bonchev–Trinajstić information content (AvgIpc) is 3.16. The standard InChI is InChI=1S/C18H25FN4O/c1-3-23-8-4-5-14(23)10-21-18(20)22-11-17-12(2)15-9-13(19)6-7-16(15)24-17/h6-7,9,14H,3-5,8,10-11H2,1-2H3,(H3,20,21,22). The summed E-state index contributed by atoms with van der Waals surface area (Å²) in [4.78, 5) is 6.82. The van der Waals surface area contributed by atoms with Crippen LogP contribution < -0.4 is 11.1 Å². The fraction of sp³-hybridized carbons (Fsp3) is 0.500. The molecule has 1 aliphatic rings. The van der Waals surface area contributed by atoms with Gasteiger partial charge in [0.2, 0.25) is 0 Å². The van der Waals surface area contributed by atoms with Crippen LogP contribution in [0.3, 0.4) is 0 Å². The Bertz CT molecular complexity index is 740. The Morgan fingerprint density at radius 3 is 3.12 bits per heavy atom. The van der Waals surface area contributed by atoms with E-state index in [-0.39, 0.29) is 5.82 Å². The van der Waals surface area contributed by atoms with Crippen LogP contribution in [0.15, 0.2) is 27.6 Å². The minimum absolute atomic E-state index is 0.264. The van der Waals surface area contributed by atoms with Gasteiger partial charge in [-0.3, -0.25) is 4.90 Å². The average molecular weight is 332 g/mol. The third-order valence-corrected chi connectivity index (χ3v) is 4.81. The van der Waals surface area contributed by atoms with Crippen LogP contribution in [0.4, 0.5) is 4.39 Å². The number of likely N-dealkylation sites (tertiary alicyclic amines) is 1. The molecule has 3 N–H and O–H groups in total. The highest BCUT2D eigenvalue weighted by atomic mass is 19.1. The summed E-state index contributed by atoms with van der Waals surface area (Å²) in [6, 6.07) is 5.06. The normalized spacial score (nSPS) is 19.3. The van der Waals surface area contributed by atoms with Gasteiger partial charge in [-0.05, 0) is 51.1 Å². The van der Waals surface area contributed by atoms with E-state index >= 15 is 0 Å². The van der Waals surface area contributed by atoms with E-state index in [2.05, 4.69) is 22.1 Å². The number of aliphatic imine (C=N–C) groups is 1. The molecule has 2 heterocycles. The van der Waals surface area contributed by atoms with Crippen molar-refractivity contribution in [1.29, 1.82) is 0 Å². The summed E-state index contributed by atoms with van der Waals surface area (Å²) in [6.45, 7) is 7.49. The number of halogens is 1. The van der Waals surface area contributed by atoms with E-state index in [9.17, 15) is 4.39 Å². The first kappa shape index (κ1) is 16.8. The van der Waals surface area contributed by atoms with Crippen LogP contribution >= 0.6 is 0 Å². The maximum absolute atomic E-state index is 13.3. The molecule has 1 aromatic heterocycles. The van der Waals surface area contributed by atoms with Crippen LogP contribution in [-0.4, -0.2) is 36.5 Å². The maximum atomic E-state index is 13.3. The van der Waals surface area contributed by atoms with E-state index in [0.29, 0.717) is 24.1 Å². The maximum Gasteiger partial charge on any atom is 0.189 e. The van der Waals surface area contributed by atoms with Crippen molar-refractivity contribution in [2.45, 2.75) is 39.3 Å². The Morgan fingerprint density at radius 1 is 1.50 bits per heavy atom. The summed E-state index contributed by atoms with van der Waals surface area (Å²) in [5.74, 6) is 0.875. The molecule has 2 aromatic rings. The SMILES string of the molecule is CCN1CCCC1CNC(N)=NCc1oc2ccc(F)cc2c1C. The second-order valence-corrected chi connectivity index (χ2v) is 6.30. The van der Waals surface area contributed by atoms with E-state index in [1.54, 1.807) is 6.07 Å². The summed E-state index contributed by atoms with van der Waals surface area (Å²) in [5, 5.41) is 3.99. The number of guanidine groups is 1. The molecule has 1 fully saturated rings. The summed E-state index contributed by atoms with van der Waals surface area (Å²) in [7, 11) is 0. The molecule has 24 heavy (non-hydrogen) atoms. The Balaban J connectivity index is 1.61. The fourth-order valence-electron chi connectivity index (χ4n) is 3.37. The molecule has 0 saturated carbocycles. The van der Waals surface area contributed by atoms with Gasteiger partial charge < -0.3 is 15.5 Å². The number of likely N-dealkylation sites (N-methyl/N-ethyl adjacent to an activating group) is 1. The number of rotatable bonds is 5. The molecule has 6 heteroatoms. The number of benzene rings is 1. The number of fused-ring (bicyclic) bond motifs is 1. The van der Waals surface area contributed by atoms with Crippen molar-refractivity contribution >= 4 is 16.9 Å². The highest BCUT2D eigenvalue weighted by Gasteiger charge is 2.22. The Labute approximate surface area is 141 Å². The highest BCUT2D eigenvalue weighted by molar-refractivity contribution is 5.82. The Hall–Kier alpha value is -2.08. The summed E-state index contributed by atoms with van der Waals surface area (Å²) >= 11 is 0. The van der Waals surface area contributed by atoms with E-state index in [1.807, 2.05) is 6.92 Å². The van der Waals surface area contributed by atoms with E-state index < -0.39 is 0 Å². The lowest BCUT2D eigenvalue weighted by Crippen LogP contribution is -2.42. The zero-order chi connectivity index (χ0) is 17.1. The first-order valence-electron chi connectivity index (χ1n) is 8.54. The van der Waals surface area contributed by atoms with Gasteiger partial charge in [0.25, 0.3) is 0 Å². The second kappa shape index (κ2) is 7.21. The molecule has 1 saturated heterocycles. The van der Waals surface area contributed by atoms with Crippen LogP contribution in [-0.2, 0) is 6.54 Å². The topological polar surface area (TPSA) is 66.8 Å². The van der Waals surface area contributed by atoms with Gasteiger partial charge in [0.05, 0.1) is 0 Å². The molecular formula is C18H25FN4O.